The summed E-state index contributed by atoms with van der Waals surface area (Å²) < 4.78 is 6.07. The molecule has 0 aliphatic carbocycles. The molecule has 19 heavy (non-hydrogen) atoms. The van der Waals surface area contributed by atoms with E-state index in [4.69, 9.17) is 4.74 Å². The fraction of sp³-hybridized carbons (Fsp3) is 0.625. The van der Waals surface area contributed by atoms with Gasteiger partial charge in [0.1, 0.15) is 12.4 Å². The van der Waals surface area contributed by atoms with Crippen LogP contribution < -0.4 is 10.1 Å². The number of nitrogens with one attached hydrogen (secondary N) is 1. The molecule has 0 saturated carbocycles. The average Bonchev–Trinajstić information content (AvgIpc) is 2.77. The lowest BCUT2D eigenvalue weighted by molar-refractivity contribution is 0.114. The van der Waals surface area contributed by atoms with E-state index in [2.05, 4.69) is 42.4 Å². The molecule has 0 spiro atoms. The summed E-state index contributed by atoms with van der Waals surface area (Å²) in [4.78, 5) is 2.43. The van der Waals surface area contributed by atoms with Crippen molar-refractivity contribution in [2.75, 3.05) is 26.7 Å². The van der Waals surface area contributed by atoms with E-state index >= 15 is 0 Å². The minimum absolute atomic E-state index is 0.206. The molecule has 104 valence electrons. The monoisotopic (exact) mass is 260 g/mol. The first kappa shape index (κ1) is 12.9. The van der Waals surface area contributed by atoms with E-state index in [-0.39, 0.29) is 5.54 Å². The van der Waals surface area contributed by atoms with Gasteiger partial charge in [-0.3, -0.25) is 4.90 Å². The van der Waals surface area contributed by atoms with Crippen LogP contribution in [0.15, 0.2) is 18.2 Å². The molecule has 0 aromatic heterocycles. The van der Waals surface area contributed by atoms with Crippen molar-refractivity contribution in [1.29, 1.82) is 0 Å². The Morgan fingerprint density at radius 2 is 2.26 bits per heavy atom. The lowest BCUT2D eigenvalue weighted by atomic mass is 10.00. The van der Waals surface area contributed by atoms with Gasteiger partial charge in [-0.05, 0) is 69.6 Å². The Bertz CT molecular complexity index is 460. The molecule has 3 rings (SSSR count). The number of hydrogen-bond acceptors (Lipinski definition) is 3. The highest BCUT2D eigenvalue weighted by atomic mass is 16.5. The van der Waals surface area contributed by atoms with E-state index in [0.29, 0.717) is 0 Å². The Morgan fingerprint density at radius 1 is 1.37 bits per heavy atom. The Morgan fingerprint density at radius 3 is 3.05 bits per heavy atom. The van der Waals surface area contributed by atoms with Crippen molar-refractivity contribution in [1.82, 2.24) is 10.2 Å². The van der Waals surface area contributed by atoms with Gasteiger partial charge in [0.2, 0.25) is 0 Å². The first-order chi connectivity index (χ1) is 9.17. The van der Waals surface area contributed by atoms with Crippen LogP contribution in [0.25, 0.3) is 0 Å². The molecule has 0 amide bonds. The molecule has 1 unspecified atom stereocenters. The topological polar surface area (TPSA) is 24.5 Å². The van der Waals surface area contributed by atoms with Crippen LogP contribution in [-0.4, -0.2) is 37.2 Å². The van der Waals surface area contributed by atoms with Gasteiger partial charge in [-0.15, -0.1) is 0 Å². The van der Waals surface area contributed by atoms with Gasteiger partial charge >= 0.3 is 0 Å². The highest BCUT2D eigenvalue weighted by molar-refractivity contribution is 5.37. The molecule has 3 nitrogen and oxygen atoms in total. The molecule has 2 heterocycles. The van der Waals surface area contributed by atoms with Crippen LogP contribution in [0.5, 0.6) is 5.75 Å². The molecule has 0 radical (unpaired) electrons. The van der Waals surface area contributed by atoms with Gasteiger partial charge in [-0.1, -0.05) is 6.07 Å². The van der Waals surface area contributed by atoms with E-state index in [0.717, 1.165) is 31.9 Å². The van der Waals surface area contributed by atoms with Crippen LogP contribution in [0, 0.1) is 0 Å². The summed E-state index contributed by atoms with van der Waals surface area (Å²) in [5.74, 6) is 1.03. The van der Waals surface area contributed by atoms with Gasteiger partial charge in [-0.2, -0.15) is 0 Å². The maximum Gasteiger partial charge on any atom is 0.119 e. The Labute approximate surface area is 115 Å². The number of ether oxygens (including phenoxy) is 1. The molecule has 1 aromatic carbocycles. The zero-order valence-corrected chi connectivity index (χ0v) is 12.0. The second kappa shape index (κ2) is 5.14. The van der Waals surface area contributed by atoms with Crippen LogP contribution in [0.3, 0.4) is 0 Å². The summed E-state index contributed by atoms with van der Waals surface area (Å²) in [6.07, 6.45) is 3.63. The quantitative estimate of drug-likeness (QED) is 0.901. The summed E-state index contributed by atoms with van der Waals surface area (Å²) in [5.41, 5.74) is 3.07. The number of fused-ring (bicyclic) bond motifs is 1. The molecule has 1 N–H and O–H groups in total. The van der Waals surface area contributed by atoms with Crippen molar-refractivity contribution in [3.8, 4) is 5.75 Å². The van der Waals surface area contributed by atoms with Crippen LogP contribution in [0.4, 0.5) is 0 Å². The number of benzene rings is 1. The normalized spacial score (nSPS) is 27.3. The standard InChI is InChI=1S/C16H24N2O/c1-16(7-3-9-18(16)2)12-19-15-5-4-14-11-17-8-6-13(14)10-15/h4-5,10,17H,3,6-9,11-12H2,1-2H3. The summed E-state index contributed by atoms with van der Waals surface area (Å²) in [7, 11) is 2.20. The van der Waals surface area contributed by atoms with E-state index in [1.807, 2.05) is 0 Å². The van der Waals surface area contributed by atoms with Crippen LogP contribution in [0.2, 0.25) is 0 Å². The van der Waals surface area contributed by atoms with Crippen molar-refractivity contribution < 1.29 is 4.74 Å². The SMILES string of the molecule is CN1CCCC1(C)COc1ccc2c(c1)CCNC2. The molecule has 1 aromatic rings. The highest BCUT2D eigenvalue weighted by Crippen LogP contribution is 2.29. The van der Waals surface area contributed by atoms with Gasteiger partial charge in [0, 0.05) is 6.54 Å². The number of likely N-dealkylation sites (tertiary alicyclic amines) is 1. The van der Waals surface area contributed by atoms with Crippen molar-refractivity contribution in [3.63, 3.8) is 0 Å². The van der Waals surface area contributed by atoms with Crippen LogP contribution >= 0.6 is 0 Å². The predicted molar refractivity (Wildman–Crippen MR) is 77.6 cm³/mol. The summed E-state index contributed by atoms with van der Waals surface area (Å²) in [6.45, 7) is 6.37. The number of likely N-dealkylation sites (N-methyl/N-ethyl adjacent to an activating group) is 1. The molecule has 1 fully saturated rings. The molecule has 0 bridgehead atoms. The first-order valence-corrected chi connectivity index (χ1v) is 7.34. The molecule has 1 atom stereocenters. The Balaban J connectivity index is 1.67. The Kier molecular flexibility index (Phi) is 3.50. The van der Waals surface area contributed by atoms with Crippen molar-refractivity contribution in [2.24, 2.45) is 0 Å². The summed E-state index contributed by atoms with van der Waals surface area (Å²) in [5, 5.41) is 3.40. The minimum atomic E-state index is 0.206. The molecule has 1 saturated heterocycles. The lowest BCUT2D eigenvalue weighted by Crippen LogP contribution is -2.43. The zero-order chi connectivity index (χ0) is 13.3. The molecule has 2 aliphatic heterocycles. The molecular weight excluding hydrogens is 236 g/mol. The van der Waals surface area contributed by atoms with E-state index < -0.39 is 0 Å². The fourth-order valence-corrected chi connectivity index (χ4v) is 3.12. The molecular formula is C16H24N2O. The second-order valence-electron chi connectivity index (χ2n) is 6.17. The molecule has 2 aliphatic rings. The number of rotatable bonds is 3. The largest absolute Gasteiger partial charge is 0.492 e. The lowest BCUT2D eigenvalue weighted by Gasteiger charge is -2.32. The van der Waals surface area contributed by atoms with E-state index in [1.165, 1.54) is 30.5 Å². The zero-order valence-electron chi connectivity index (χ0n) is 12.0. The first-order valence-electron chi connectivity index (χ1n) is 7.34. The third-order valence-corrected chi connectivity index (χ3v) is 4.74. The Hall–Kier alpha value is -1.06. The number of hydrogen-bond donors (Lipinski definition) is 1. The fourth-order valence-electron chi connectivity index (χ4n) is 3.12. The summed E-state index contributed by atoms with van der Waals surface area (Å²) >= 11 is 0. The van der Waals surface area contributed by atoms with Crippen LogP contribution in [0.1, 0.15) is 30.9 Å². The highest BCUT2D eigenvalue weighted by Gasteiger charge is 2.34. The third-order valence-electron chi connectivity index (χ3n) is 4.74. The van der Waals surface area contributed by atoms with Crippen molar-refractivity contribution in [3.05, 3.63) is 29.3 Å². The third kappa shape index (κ3) is 2.63. The minimum Gasteiger partial charge on any atom is -0.492 e. The maximum absolute atomic E-state index is 6.07. The van der Waals surface area contributed by atoms with Gasteiger partial charge in [0.15, 0.2) is 0 Å². The second-order valence-corrected chi connectivity index (χ2v) is 6.17. The molecule has 3 heteroatoms. The van der Waals surface area contributed by atoms with E-state index in [1.54, 1.807) is 0 Å². The van der Waals surface area contributed by atoms with Crippen molar-refractivity contribution in [2.45, 2.75) is 38.3 Å². The van der Waals surface area contributed by atoms with Gasteiger partial charge in [0.25, 0.3) is 0 Å². The van der Waals surface area contributed by atoms with E-state index in [9.17, 15) is 0 Å². The van der Waals surface area contributed by atoms with Gasteiger partial charge in [0.05, 0.1) is 5.54 Å². The maximum atomic E-state index is 6.07. The number of nitrogens with zero attached hydrogens (tertiary/aromatic N) is 1. The predicted octanol–water partition coefficient (Wildman–Crippen LogP) is 2.20. The van der Waals surface area contributed by atoms with Gasteiger partial charge < -0.3 is 10.1 Å². The smallest absolute Gasteiger partial charge is 0.119 e. The van der Waals surface area contributed by atoms with Crippen LogP contribution in [-0.2, 0) is 13.0 Å². The van der Waals surface area contributed by atoms with Crippen molar-refractivity contribution >= 4 is 0 Å². The average molecular weight is 260 g/mol. The van der Waals surface area contributed by atoms with Gasteiger partial charge in [-0.25, -0.2) is 0 Å². The summed E-state index contributed by atoms with van der Waals surface area (Å²) in [6, 6.07) is 6.55.